The maximum absolute atomic E-state index is 13.2. The number of benzene rings is 1. The Morgan fingerprint density at radius 2 is 2.11 bits per heavy atom. The predicted octanol–water partition coefficient (Wildman–Crippen LogP) is 0.513. The summed E-state index contributed by atoms with van der Waals surface area (Å²) >= 11 is 0. The average Bonchev–Trinajstić information content (AvgIpc) is 3.22. The molecule has 2 saturated heterocycles. The van der Waals surface area contributed by atoms with Crippen molar-refractivity contribution < 1.29 is 14.4 Å². The van der Waals surface area contributed by atoms with Crippen LogP contribution in [0.5, 0.6) is 0 Å². The molecule has 7 heteroatoms. The van der Waals surface area contributed by atoms with Gasteiger partial charge in [0.15, 0.2) is 0 Å². The lowest BCUT2D eigenvalue weighted by molar-refractivity contribution is -0.136. The Bertz CT molecular complexity index is 854. The molecule has 0 spiro atoms. The standard InChI is InChI=1S/C20H24N4O3/c21-20-7-2-8-23(15(20)9-20)10-12-3-1-4-13-11-24(19(27)17(12)13)14-5-6-16(25)22-18(14)26/h1,3-4,14-15H,2,5-11,21H2,(H,22,25,26). The Kier molecular flexibility index (Phi) is 3.67. The van der Waals surface area contributed by atoms with Crippen molar-refractivity contribution in [2.24, 2.45) is 5.73 Å². The molecule has 5 rings (SSSR count). The average molecular weight is 368 g/mol. The predicted molar refractivity (Wildman–Crippen MR) is 97.5 cm³/mol. The number of likely N-dealkylation sites (tertiary alicyclic amines) is 1. The van der Waals surface area contributed by atoms with Crippen LogP contribution in [0.4, 0.5) is 0 Å². The first kappa shape index (κ1) is 16.9. The molecule has 0 radical (unpaired) electrons. The van der Waals surface area contributed by atoms with E-state index >= 15 is 0 Å². The highest BCUT2D eigenvalue weighted by molar-refractivity contribution is 6.05. The van der Waals surface area contributed by atoms with Crippen LogP contribution in [0, 0.1) is 0 Å². The highest BCUT2D eigenvalue weighted by atomic mass is 16.2. The number of imide groups is 1. The van der Waals surface area contributed by atoms with Crippen molar-refractivity contribution >= 4 is 17.7 Å². The fourth-order valence-corrected chi connectivity index (χ4v) is 5.06. The topological polar surface area (TPSA) is 95.7 Å². The van der Waals surface area contributed by atoms with E-state index in [1.165, 1.54) is 0 Å². The first-order valence-electron chi connectivity index (χ1n) is 9.75. The van der Waals surface area contributed by atoms with E-state index in [1.807, 2.05) is 18.2 Å². The Morgan fingerprint density at radius 1 is 1.26 bits per heavy atom. The maximum Gasteiger partial charge on any atom is 0.255 e. The van der Waals surface area contributed by atoms with E-state index in [4.69, 9.17) is 5.73 Å². The molecule has 0 bridgehead atoms. The second-order valence-corrected chi connectivity index (χ2v) is 8.38. The summed E-state index contributed by atoms with van der Waals surface area (Å²) in [7, 11) is 0. The molecule has 3 heterocycles. The van der Waals surface area contributed by atoms with Gasteiger partial charge in [-0.05, 0) is 43.4 Å². The van der Waals surface area contributed by atoms with Gasteiger partial charge in [-0.2, -0.15) is 0 Å². The number of nitrogens with one attached hydrogen (secondary N) is 1. The number of carbonyl (C=O) groups excluding carboxylic acids is 3. The van der Waals surface area contributed by atoms with Crippen LogP contribution >= 0.6 is 0 Å². The summed E-state index contributed by atoms with van der Waals surface area (Å²) in [5.74, 6) is -0.723. The van der Waals surface area contributed by atoms with Crippen molar-refractivity contribution in [3.63, 3.8) is 0 Å². The van der Waals surface area contributed by atoms with Crippen LogP contribution in [-0.4, -0.2) is 51.7 Å². The lowest BCUT2D eigenvalue weighted by Crippen LogP contribution is -2.52. The molecule has 7 nitrogen and oxygen atoms in total. The number of nitrogens with zero attached hydrogens (tertiary/aromatic N) is 2. The van der Waals surface area contributed by atoms with Crippen molar-refractivity contribution in [2.75, 3.05) is 6.54 Å². The summed E-state index contributed by atoms with van der Waals surface area (Å²) in [6, 6.07) is 5.82. The Labute approximate surface area is 157 Å². The summed E-state index contributed by atoms with van der Waals surface area (Å²) in [5.41, 5.74) is 9.08. The molecular weight excluding hydrogens is 344 g/mol. The fourth-order valence-electron chi connectivity index (χ4n) is 5.06. The van der Waals surface area contributed by atoms with Crippen molar-refractivity contribution in [1.82, 2.24) is 15.1 Å². The lowest BCUT2D eigenvalue weighted by Gasteiger charge is -2.31. The van der Waals surface area contributed by atoms with E-state index in [0.29, 0.717) is 19.0 Å². The zero-order chi connectivity index (χ0) is 18.8. The van der Waals surface area contributed by atoms with E-state index in [2.05, 4.69) is 10.2 Å². The van der Waals surface area contributed by atoms with E-state index in [-0.39, 0.29) is 29.7 Å². The van der Waals surface area contributed by atoms with Crippen molar-refractivity contribution in [3.05, 3.63) is 34.9 Å². The third-order valence-corrected chi connectivity index (χ3v) is 6.62. The number of carbonyl (C=O) groups is 3. The van der Waals surface area contributed by atoms with Crippen LogP contribution in [0.3, 0.4) is 0 Å². The number of piperidine rings is 2. The largest absolute Gasteiger partial charge is 0.324 e. The van der Waals surface area contributed by atoms with E-state index in [0.717, 1.165) is 49.0 Å². The first-order valence-corrected chi connectivity index (χ1v) is 9.75. The number of amides is 3. The number of hydrogen-bond donors (Lipinski definition) is 2. The lowest BCUT2D eigenvalue weighted by atomic mass is 10.0. The van der Waals surface area contributed by atoms with Crippen molar-refractivity contribution in [1.29, 1.82) is 0 Å². The van der Waals surface area contributed by atoms with Gasteiger partial charge in [-0.3, -0.25) is 24.6 Å². The Hall–Kier alpha value is -2.25. The molecular formula is C20H24N4O3. The van der Waals surface area contributed by atoms with Crippen LogP contribution in [0.2, 0.25) is 0 Å². The van der Waals surface area contributed by atoms with E-state index in [1.54, 1.807) is 4.90 Å². The molecule has 1 saturated carbocycles. The zero-order valence-corrected chi connectivity index (χ0v) is 15.2. The van der Waals surface area contributed by atoms with Gasteiger partial charge in [-0.25, -0.2) is 0 Å². The molecule has 1 aromatic carbocycles. The van der Waals surface area contributed by atoms with Gasteiger partial charge in [0.2, 0.25) is 11.8 Å². The van der Waals surface area contributed by atoms with Crippen molar-refractivity contribution in [3.8, 4) is 0 Å². The molecule has 0 aromatic heterocycles. The third kappa shape index (κ3) is 2.68. The van der Waals surface area contributed by atoms with Crippen LogP contribution in [0.25, 0.3) is 0 Å². The van der Waals surface area contributed by atoms with Crippen LogP contribution in [0.1, 0.15) is 53.6 Å². The quantitative estimate of drug-likeness (QED) is 0.758. The molecule has 27 heavy (non-hydrogen) atoms. The van der Waals surface area contributed by atoms with E-state index in [9.17, 15) is 14.4 Å². The highest BCUT2D eigenvalue weighted by Crippen LogP contribution is 2.46. The molecule has 142 valence electrons. The first-order chi connectivity index (χ1) is 13.0. The monoisotopic (exact) mass is 368 g/mol. The molecule has 3 atom stereocenters. The smallest absolute Gasteiger partial charge is 0.255 e. The van der Waals surface area contributed by atoms with Gasteiger partial charge < -0.3 is 10.6 Å². The molecule has 3 unspecified atom stereocenters. The second-order valence-electron chi connectivity index (χ2n) is 8.38. The fraction of sp³-hybridized carbons (Fsp3) is 0.550. The number of nitrogens with two attached hydrogens (primary N) is 1. The molecule has 3 aliphatic heterocycles. The second kappa shape index (κ2) is 5.87. The van der Waals surface area contributed by atoms with Gasteiger partial charge in [-0.1, -0.05) is 18.2 Å². The normalized spacial score (nSPS) is 32.9. The summed E-state index contributed by atoms with van der Waals surface area (Å²) in [6.07, 6.45) is 3.89. The van der Waals surface area contributed by atoms with Gasteiger partial charge in [0.05, 0.1) is 0 Å². The minimum absolute atomic E-state index is 0.0288. The maximum atomic E-state index is 13.2. The molecule has 1 aromatic rings. The molecule has 3 N–H and O–H groups in total. The van der Waals surface area contributed by atoms with Gasteiger partial charge in [0.25, 0.3) is 5.91 Å². The summed E-state index contributed by atoms with van der Waals surface area (Å²) in [5, 5.41) is 2.36. The molecule has 3 amide bonds. The molecule has 4 aliphatic rings. The minimum Gasteiger partial charge on any atom is -0.324 e. The van der Waals surface area contributed by atoms with E-state index < -0.39 is 6.04 Å². The Morgan fingerprint density at radius 3 is 2.93 bits per heavy atom. The zero-order valence-electron chi connectivity index (χ0n) is 15.2. The highest BCUT2D eigenvalue weighted by Gasteiger charge is 2.55. The summed E-state index contributed by atoms with van der Waals surface area (Å²) in [4.78, 5) is 40.8. The SMILES string of the molecule is NC12CCCN(Cc3cccc4c3C(=O)N(C3CCC(=O)NC3=O)C4)C1C2. The third-order valence-electron chi connectivity index (χ3n) is 6.62. The van der Waals surface area contributed by atoms with Crippen LogP contribution in [-0.2, 0) is 22.7 Å². The van der Waals surface area contributed by atoms with Crippen molar-refractivity contribution in [2.45, 2.75) is 62.8 Å². The van der Waals surface area contributed by atoms with Gasteiger partial charge >= 0.3 is 0 Å². The molecule has 1 aliphatic carbocycles. The minimum atomic E-state index is -0.564. The number of hydrogen-bond acceptors (Lipinski definition) is 5. The summed E-state index contributed by atoms with van der Waals surface area (Å²) < 4.78 is 0. The van der Waals surface area contributed by atoms with Gasteiger partial charge in [0.1, 0.15) is 6.04 Å². The van der Waals surface area contributed by atoms with Gasteiger partial charge in [-0.15, -0.1) is 0 Å². The summed E-state index contributed by atoms with van der Waals surface area (Å²) in [6.45, 7) is 2.17. The Balaban J connectivity index is 1.38. The molecule has 3 fully saturated rings. The van der Waals surface area contributed by atoms with Crippen LogP contribution < -0.4 is 11.1 Å². The number of rotatable bonds is 3. The van der Waals surface area contributed by atoms with Gasteiger partial charge in [0, 0.05) is 36.7 Å². The number of fused-ring (bicyclic) bond motifs is 2. The van der Waals surface area contributed by atoms with Crippen LogP contribution in [0.15, 0.2) is 18.2 Å².